The maximum atomic E-state index is 12.5. The van der Waals surface area contributed by atoms with Crippen LogP contribution in [-0.4, -0.2) is 20.4 Å². The van der Waals surface area contributed by atoms with Gasteiger partial charge < -0.3 is 5.32 Å². The molecule has 1 N–H and O–H groups in total. The monoisotopic (exact) mass is 424 g/mol. The highest BCUT2D eigenvalue weighted by Gasteiger charge is 2.13. The van der Waals surface area contributed by atoms with E-state index in [1.54, 1.807) is 18.2 Å². The molecule has 0 fully saturated rings. The Morgan fingerprint density at radius 3 is 2.76 bits per heavy atom. The van der Waals surface area contributed by atoms with Crippen LogP contribution in [-0.2, 0) is 17.9 Å². The fourth-order valence-electron chi connectivity index (χ4n) is 2.95. The molecule has 0 unspecified atom stereocenters. The van der Waals surface area contributed by atoms with E-state index in [4.69, 9.17) is 11.6 Å². The van der Waals surface area contributed by atoms with Gasteiger partial charge in [-0.15, -0.1) is 11.3 Å². The molecule has 1 amide bonds. The molecule has 29 heavy (non-hydrogen) atoms. The molecule has 0 saturated heterocycles. The van der Waals surface area contributed by atoms with Crippen molar-refractivity contribution in [2.75, 3.05) is 0 Å². The molecular weight excluding hydrogens is 408 g/mol. The number of hydrogen-bond donors (Lipinski definition) is 1. The quantitative estimate of drug-likeness (QED) is 0.528. The molecule has 0 aliphatic heterocycles. The molecule has 0 spiro atoms. The molecule has 4 aromatic rings. The topological polar surface area (TPSA) is 76.9 Å². The van der Waals surface area contributed by atoms with Crippen molar-refractivity contribution in [1.29, 1.82) is 0 Å². The van der Waals surface area contributed by atoms with Crippen molar-refractivity contribution in [3.05, 3.63) is 80.8 Å². The van der Waals surface area contributed by atoms with Gasteiger partial charge in [0.1, 0.15) is 11.6 Å². The number of halogens is 1. The van der Waals surface area contributed by atoms with E-state index in [9.17, 15) is 9.59 Å². The van der Waals surface area contributed by atoms with Gasteiger partial charge in [-0.1, -0.05) is 41.9 Å². The highest BCUT2D eigenvalue weighted by molar-refractivity contribution is 7.15. The van der Waals surface area contributed by atoms with Gasteiger partial charge in [0.2, 0.25) is 5.91 Å². The number of rotatable bonds is 5. The van der Waals surface area contributed by atoms with Gasteiger partial charge in [-0.05, 0) is 25.1 Å². The molecule has 4 rings (SSSR count). The van der Waals surface area contributed by atoms with Crippen molar-refractivity contribution < 1.29 is 4.79 Å². The van der Waals surface area contributed by atoms with Gasteiger partial charge >= 0.3 is 0 Å². The molecule has 6 nitrogen and oxygen atoms in total. The first-order valence-corrected chi connectivity index (χ1v) is 10.1. The number of carbonyl (C=O) groups is 1. The number of hydrogen-bond acceptors (Lipinski definition) is 5. The van der Waals surface area contributed by atoms with Crippen LogP contribution in [0.15, 0.2) is 59.7 Å². The van der Waals surface area contributed by atoms with Gasteiger partial charge in [-0.25, -0.2) is 9.97 Å². The summed E-state index contributed by atoms with van der Waals surface area (Å²) in [6.07, 6.45) is 1.40. The highest BCUT2D eigenvalue weighted by Crippen LogP contribution is 2.32. The number of nitrogens with one attached hydrogen (secondary N) is 1. The number of para-hydroxylation sites is 1. The number of aryl methyl sites for hydroxylation is 1. The fraction of sp³-hybridized carbons (Fsp3) is 0.143. The zero-order valence-corrected chi connectivity index (χ0v) is 17.1. The van der Waals surface area contributed by atoms with Crippen LogP contribution in [0.2, 0.25) is 5.02 Å². The number of nitrogens with zero attached hydrogens (tertiary/aromatic N) is 3. The van der Waals surface area contributed by atoms with Crippen LogP contribution in [0.1, 0.15) is 10.6 Å². The summed E-state index contributed by atoms with van der Waals surface area (Å²) in [6.45, 7) is 2.14. The fourth-order valence-corrected chi connectivity index (χ4v) is 4.27. The molecule has 146 valence electrons. The predicted molar refractivity (Wildman–Crippen MR) is 115 cm³/mol. The van der Waals surface area contributed by atoms with Crippen molar-refractivity contribution in [1.82, 2.24) is 19.9 Å². The second kappa shape index (κ2) is 8.14. The molecule has 0 aliphatic rings. The molecule has 0 atom stereocenters. The Morgan fingerprint density at radius 2 is 1.93 bits per heavy atom. The minimum Gasteiger partial charge on any atom is -0.350 e. The zero-order chi connectivity index (χ0) is 20.4. The summed E-state index contributed by atoms with van der Waals surface area (Å²) in [4.78, 5) is 34.6. The Balaban J connectivity index is 1.46. The van der Waals surface area contributed by atoms with Crippen LogP contribution in [0.25, 0.3) is 21.5 Å². The Bertz CT molecular complexity index is 1270. The van der Waals surface area contributed by atoms with Gasteiger partial charge in [-0.3, -0.25) is 14.2 Å². The number of benzene rings is 2. The number of amides is 1. The predicted octanol–water partition coefficient (Wildman–Crippen LogP) is 3.80. The second-order valence-electron chi connectivity index (χ2n) is 6.48. The lowest BCUT2D eigenvalue weighted by Crippen LogP contribution is -2.32. The maximum absolute atomic E-state index is 12.5. The molecule has 0 aliphatic carbocycles. The summed E-state index contributed by atoms with van der Waals surface area (Å²) in [5, 5.41) is 4.80. The van der Waals surface area contributed by atoms with Crippen molar-refractivity contribution in [2.45, 2.75) is 20.0 Å². The second-order valence-corrected chi connectivity index (χ2v) is 7.97. The SMILES string of the molecule is Cc1nc(-c2ccccc2Cl)sc1CNC(=O)Cn1cnc2ccccc2c1=O. The van der Waals surface area contributed by atoms with Crippen molar-refractivity contribution in [3.8, 4) is 10.6 Å². The van der Waals surface area contributed by atoms with E-state index in [1.807, 2.05) is 37.3 Å². The first-order chi connectivity index (χ1) is 14.0. The Labute approximate surface area is 175 Å². The van der Waals surface area contributed by atoms with Crippen molar-refractivity contribution >= 4 is 39.7 Å². The first-order valence-electron chi connectivity index (χ1n) is 8.95. The van der Waals surface area contributed by atoms with Crippen LogP contribution in [0, 0.1) is 6.92 Å². The Morgan fingerprint density at radius 1 is 1.17 bits per heavy atom. The van der Waals surface area contributed by atoms with Gasteiger partial charge in [0.15, 0.2) is 0 Å². The first kappa shape index (κ1) is 19.3. The maximum Gasteiger partial charge on any atom is 0.261 e. The zero-order valence-electron chi connectivity index (χ0n) is 15.6. The van der Waals surface area contributed by atoms with Gasteiger partial charge in [0.25, 0.3) is 5.56 Å². The molecule has 2 aromatic carbocycles. The van der Waals surface area contributed by atoms with E-state index in [2.05, 4.69) is 15.3 Å². The van der Waals surface area contributed by atoms with Crippen LogP contribution >= 0.6 is 22.9 Å². The van der Waals surface area contributed by atoms with Gasteiger partial charge in [0.05, 0.1) is 34.5 Å². The number of thiazole rings is 1. The van der Waals surface area contributed by atoms with Crippen molar-refractivity contribution in [2.24, 2.45) is 0 Å². The lowest BCUT2D eigenvalue weighted by molar-refractivity contribution is -0.121. The summed E-state index contributed by atoms with van der Waals surface area (Å²) in [7, 11) is 0. The smallest absolute Gasteiger partial charge is 0.261 e. The average molecular weight is 425 g/mol. The summed E-state index contributed by atoms with van der Waals surface area (Å²) >= 11 is 7.74. The molecule has 2 aromatic heterocycles. The molecule has 0 bridgehead atoms. The van der Waals surface area contributed by atoms with Crippen LogP contribution in [0.5, 0.6) is 0 Å². The summed E-state index contributed by atoms with van der Waals surface area (Å²) < 4.78 is 1.31. The Kier molecular flexibility index (Phi) is 5.42. The molecule has 0 radical (unpaired) electrons. The van der Waals surface area contributed by atoms with Crippen LogP contribution in [0.4, 0.5) is 0 Å². The summed E-state index contributed by atoms with van der Waals surface area (Å²) in [5.74, 6) is -0.267. The number of fused-ring (bicyclic) bond motifs is 1. The number of aromatic nitrogens is 3. The molecule has 0 saturated carbocycles. The van der Waals surface area contributed by atoms with Crippen LogP contribution in [0.3, 0.4) is 0 Å². The van der Waals surface area contributed by atoms with E-state index >= 15 is 0 Å². The van der Waals surface area contributed by atoms with Gasteiger partial charge in [-0.2, -0.15) is 0 Å². The largest absolute Gasteiger partial charge is 0.350 e. The Hall–Kier alpha value is -3.03. The van der Waals surface area contributed by atoms with E-state index in [0.717, 1.165) is 21.1 Å². The highest BCUT2D eigenvalue weighted by atomic mass is 35.5. The van der Waals surface area contributed by atoms with E-state index in [0.29, 0.717) is 22.5 Å². The molecule has 8 heteroatoms. The standard InChI is InChI=1S/C21H17ClN4O2S/c1-13-18(29-20(25-13)14-6-2-4-8-16(14)22)10-23-19(27)11-26-12-24-17-9-5-3-7-15(17)21(26)28/h2-9,12H,10-11H2,1H3,(H,23,27). The average Bonchev–Trinajstić information content (AvgIpc) is 3.09. The van der Waals surface area contributed by atoms with Crippen molar-refractivity contribution in [3.63, 3.8) is 0 Å². The third-order valence-corrected chi connectivity index (χ3v) is 6.01. The van der Waals surface area contributed by atoms with Crippen LogP contribution < -0.4 is 10.9 Å². The third kappa shape index (κ3) is 4.06. The summed E-state index contributed by atoms with van der Waals surface area (Å²) in [6, 6.07) is 14.6. The number of carbonyl (C=O) groups excluding carboxylic acids is 1. The molecular formula is C21H17ClN4O2S. The summed E-state index contributed by atoms with van der Waals surface area (Å²) in [5.41, 5.74) is 2.09. The molecule has 2 heterocycles. The van der Waals surface area contributed by atoms with E-state index < -0.39 is 0 Å². The minimum absolute atomic E-state index is 0.0914. The van der Waals surface area contributed by atoms with Gasteiger partial charge in [0, 0.05) is 10.4 Å². The lowest BCUT2D eigenvalue weighted by Gasteiger charge is -2.07. The lowest BCUT2D eigenvalue weighted by atomic mass is 10.2. The third-order valence-electron chi connectivity index (χ3n) is 4.49. The minimum atomic E-state index is -0.267. The normalized spacial score (nSPS) is 11.0. The van der Waals surface area contributed by atoms with E-state index in [-0.39, 0.29) is 18.0 Å². The van der Waals surface area contributed by atoms with E-state index in [1.165, 1.54) is 22.2 Å².